The minimum Gasteiger partial charge on any atom is -0.462 e. The quantitative estimate of drug-likeness (QED) is 0.0222. The van der Waals surface area contributed by atoms with Crippen molar-refractivity contribution >= 4 is 39.5 Å². The number of carbonyl (C=O) groups excluding carboxylic acids is 4. The molecule has 2 unspecified atom stereocenters. The third-order valence-corrected chi connectivity index (χ3v) is 20.2. The van der Waals surface area contributed by atoms with Crippen molar-refractivity contribution in [3.05, 3.63) is 0 Å². The van der Waals surface area contributed by atoms with Crippen LogP contribution >= 0.6 is 15.6 Å². The lowest BCUT2D eigenvalue weighted by Crippen LogP contribution is -2.30. The van der Waals surface area contributed by atoms with E-state index < -0.39 is 97.5 Å². The van der Waals surface area contributed by atoms with Gasteiger partial charge in [0, 0.05) is 25.7 Å². The first kappa shape index (κ1) is 96.1. The number of phosphoric acid groups is 2. The normalized spacial score (nSPS) is 14.1. The van der Waals surface area contributed by atoms with Crippen LogP contribution in [0.15, 0.2) is 0 Å². The maximum absolute atomic E-state index is 13.1. The molecule has 0 aliphatic carbocycles. The number of unbranched alkanes of at least 4 members (excludes halogenated alkanes) is 42. The van der Waals surface area contributed by atoms with E-state index >= 15 is 0 Å². The highest BCUT2D eigenvalue weighted by molar-refractivity contribution is 7.47. The van der Waals surface area contributed by atoms with Crippen LogP contribution in [0.1, 0.15) is 402 Å². The van der Waals surface area contributed by atoms with E-state index in [0.717, 1.165) is 114 Å². The summed E-state index contributed by atoms with van der Waals surface area (Å²) >= 11 is 0. The van der Waals surface area contributed by atoms with Gasteiger partial charge in [0.25, 0.3) is 0 Å². The number of ether oxygens (including phenoxy) is 4. The smallest absolute Gasteiger partial charge is 0.462 e. The first-order valence-electron chi connectivity index (χ1n) is 40.7. The second kappa shape index (κ2) is 68.2. The van der Waals surface area contributed by atoms with E-state index in [0.29, 0.717) is 25.7 Å². The largest absolute Gasteiger partial charge is 0.472 e. The Morgan fingerprint density at radius 1 is 0.255 bits per heavy atom. The van der Waals surface area contributed by atoms with Crippen LogP contribution in [-0.2, 0) is 65.4 Å². The van der Waals surface area contributed by atoms with Gasteiger partial charge in [-0.15, -0.1) is 0 Å². The Morgan fingerprint density at radius 2 is 0.429 bits per heavy atom. The first-order chi connectivity index (χ1) is 47.1. The fourth-order valence-corrected chi connectivity index (χ4v) is 13.7. The van der Waals surface area contributed by atoms with Crippen molar-refractivity contribution in [2.45, 2.75) is 420 Å². The fraction of sp³-hybridized carbons (Fsp3) is 0.949. The summed E-state index contributed by atoms with van der Waals surface area (Å²) in [4.78, 5) is 73.0. The summed E-state index contributed by atoms with van der Waals surface area (Å²) in [6, 6.07) is 0. The Kier molecular flexibility index (Phi) is 66.8. The Bertz CT molecular complexity index is 1920. The molecule has 0 aliphatic rings. The van der Waals surface area contributed by atoms with Crippen LogP contribution in [-0.4, -0.2) is 96.7 Å². The number of aliphatic hydroxyl groups excluding tert-OH is 1. The van der Waals surface area contributed by atoms with Gasteiger partial charge >= 0.3 is 39.5 Å². The number of hydrogen-bond donors (Lipinski definition) is 3. The molecule has 19 heteroatoms. The maximum Gasteiger partial charge on any atom is 0.472 e. The van der Waals surface area contributed by atoms with E-state index in [2.05, 4.69) is 55.4 Å². The van der Waals surface area contributed by atoms with E-state index in [1.165, 1.54) is 205 Å². The predicted octanol–water partition coefficient (Wildman–Crippen LogP) is 23.2. The average Bonchev–Trinajstić information content (AvgIpc) is 0.987. The topological polar surface area (TPSA) is 237 Å². The molecule has 0 aromatic rings. The molecule has 0 aliphatic heterocycles. The minimum absolute atomic E-state index is 0.106. The summed E-state index contributed by atoms with van der Waals surface area (Å²) < 4.78 is 68.7. The first-order valence-corrected chi connectivity index (χ1v) is 43.7. The second-order valence-corrected chi connectivity index (χ2v) is 33.3. The molecule has 0 fully saturated rings. The molecule has 0 saturated carbocycles. The molecule has 0 bridgehead atoms. The van der Waals surface area contributed by atoms with E-state index in [1.54, 1.807) is 0 Å². The van der Waals surface area contributed by atoms with Gasteiger partial charge in [-0.05, 0) is 49.4 Å². The van der Waals surface area contributed by atoms with Crippen LogP contribution in [0.5, 0.6) is 0 Å². The number of aliphatic hydroxyl groups is 1. The lowest BCUT2D eigenvalue weighted by Gasteiger charge is -2.21. The van der Waals surface area contributed by atoms with E-state index in [-0.39, 0.29) is 25.7 Å². The Labute approximate surface area is 600 Å². The highest BCUT2D eigenvalue weighted by Crippen LogP contribution is 2.45. The summed E-state index contributed by atoms with van der Waals surface area (Å²) in [6.07, 6.45) is 54.0. The van der Waals surface area contributed by atoms with Crippen LogP contribution in [0.2, 0.25) is 0 Å². The fourth-order valence-electron chi connectivity index (χ4n) is 12.1. The summed E-state index contributed by atoms with van der Waals surface area (Å²) in [5.41, 5.74) is 0. The molecule has 98 heavy (non-hydrogen) atoms. The van der Waals surface area contributed by atoms with Crippen LogP contribution in [0.25, 0.3) is 0 Å². The zero-order valence-corrected chi connectivity index (χ0v) is 66.2. The van der Waals surface area contributed by atoms with Crippen molar-refractivity contribution in [1.29, 1.82) is 0 Å². The van der Waals surface area contributed by atoms with Gasteiger partial charge in [-0.25, -0.2) is 9.13 Å². The minimum atomic E-state index is -4.96. The zero-order valence-electron chi connectivity index (χ0n) is 64.4. The Balaban J connectivity index is 5.27. The van der Waals surface area contributed by atoms with Crippen LogP contribution in [0.3, 0.4) is 0 Å². The molecule has 582 valence electrons. The third kappa shape index (κ3) is 72.4. The van der Waals surface area contributed by atoms with Gasteiger partial charge in [0.2, 0.25) is 0 Å². The molecule has 3 N–H and O–H groups in total. The van der Waals surface area contributed by atoms with E-state index in [4.69, 9.17) is 37.0 Å². The van der Waals surface area contributed by atoms with Gasteiger partial charge in [0.15, 0.2) is 12.2 Å². The Hall–Kier alpha value is -1.94. The van der Waals surface area contributed by atoms with E-state index in [9.17, 15) is 43.2 Å². The van der Waals surface area contributed by atoms with Gasteiger partial charge in [-0.1, -0.05) is 351 Å². The maximum atomic E-state index is 13.1. The van der Waals surface area contributed by atoms with Crippen LogP contribution in [0.4, 0.5) is 0 Å². The third-order valence-electron chi connectivity index (χ3n) is 18.3. The van der Waals surface area contributed by atoms with Gasteiger partial charge in [-0.2, -0.15) is 0 Å². The SMILES string of the molecule is CC(C)CCCCCCCCCCCCCCCCC(=O)O[C@H](COC(=O)CCCCCCCCCCCCCCC(C)C)COP(=O)(O)OC[C@@H](O)COP(=O)(O)OC[C@@H](COC(=O)CCCCCCCCCCC(C)C)OC(=O)CCCCCCCCCCCCCCC(C)C. The van der Waals surface area contributed by atoms with Crippen molar-refractivity contribution in [1.82, 2.24) is 0 Å². The highest BCUT2D eigenvalue weighted by Gasteiger charge is 2.30. The van der Waals surface area contributed by atoms with Crippen molar-refractivity contribution in [2.24, 2.45) is 23.7 Å². The number of carbonyl (C=O) groups is 4. The molecular formula is C79H154O17P2. The van der Waals surface area contributed by atoms with Crippen molar-refractivity contribution in [3.8, 4) is 0 Å². The molecule has 0 spiro atoms. The van der Waals surface area contributed by atoms with Crippen LogP contribution < -0.4 is 0 Å². The molecule has 0 saturated heterocycles. The monoisotopic (exact) mass is 1440 g/mol. The van der Waals surface area contributed by atoms with Crippen molar-refractivity contribution < 1.29 is 80.2 Å². The number of rotatable bonds is 76. The molecular weight excluding hydrogens is 1280 g/mol. The second-order valence-electron chi connectivity index (χ2n) is 30.4. The standard InChI is InChI=1S/C79H154O17P2/c1-69(2)55-47-39-31-23-17-11-9-10-12-21-27-37-45-53-61-78(83)95-74(65-89-76(81)59-51-43-35-26-20-15-13-18-24-32-40-48-56-70(3)4)67-93-97(85,86)91-63-73(80)64-92-98(87,88)94-68-75(66-90-77(82)60-52-44-36-30-29-34-42-50-58-72(7)8)96-79(84)62-54-46-38-28-22-16-14-19-25-33-41-49-57-71(5)6/h69-75,80H,9-68H2,1-8H3,(H,85,86)(H,87,88)/t73-,74-,75-/m1/s1. The average molecular weight is 1440 g/mol. The molecule has 17 nitrogen and oxygen atoms in total. The van der Waals surface area contributed by atoms with Crippen LogP contribution in [0, 0.1) is 23.7 Å². The van der Waals surface area contributed by atoms with Gasteiger partial charge < -0.3 is 33.8 Å². The highest BCUT2D eigenvalue weighted by atomic mass is 31.2. The summed E-state index contributed by atoms with van der Waals surface area (Å²) in [5.74, 6) is 0.964. The molecule has 0 rings (SSSR count). The van der Waals surface area contributed by atoms with Gasteiger partial charge in [0.1, 0.15) is 19.3 Å². The predicted molar refractivity (Wildman–Crippen MR) is 400 cm³/mol. The van der Waals surface area contributed by atoms with Gasteiger partial charge in [-0.3, -0.25) is 37.3 Å². The van der Waals surface area contributed by atoms with Crippen molar-refractivity contribution in [3.63, 3.8) is 0 Å². The Morgan fingerprint density at radius 3 is 0.633 bits per heavy atom. The summed E-state index contributed by atoms with van der Waals surface area (Å²) in [5, 5.41) is 10.6. The number of esters is 4. The number of hydrogen-bond acceptors (Lipinski definition) is 15. The lowest BCUT2D eigenvalue weighted by atomic mass is 10.0. The molecule has 0 heterocycles. The summed E-state index contributed by atoms with van der Waals surface area (Å²) in [6.45, 7) is 14.2. The zero-order chi connectivity index (χ0) is 72.4. The van der Waals surface area contributed by atoms with Crippen molar-refractivity contribution in [2.75, 3.05) is 39.6 Å². The molecule has 0 amide bonds. The summed E-state index contributed by atoms with van der Waals surface area (Å²) in [7, 11) is -9.92. The molecule has 0 radical (unpaired) electrons. The molecule has 0 aromatic heterocycles. The molecule has 0 aromatic carbocycles. The van der Waals surface area contributed by atoms with E-state index in [1.807, 2.05) is 0 Å². The van der Waals surface area contributed by atoms with Gasteiger partial charge in [0.05, 0.1) is 26.4 Å². The lowest BCUT2D eigenvalue weighted by molar-refractivity contribution is -0.161. The number of phosphoric ester groups is 2. The molecule has 5 atom stereocenters.